The van der Waals surface area contributed by atoms with Crippen molar-refractivity contribution in [3.63, 3.8) is 0 Å². The van der Waals surface area contributed by atoms with Gasteiger partial charge in [0.05, 0.1) is 31.6 Å². The van der Waals surface area contributed by atoms with Crippen molar-refractivity contribution < 1.29 is 27.9 Å². The molecule has 0 radical (unpaired) electrons. The minimum Gasteiger partial charge on any atom is -0.268 e. The van der Waals surface area contributed by atoms with Crippen LogP contribution >= 0.6 is 0 Å². The van der Waals surface area contributed by atoms with Crippen LogP contribution in [0.3, 0.4) is 0 Å². The maximum atomic E-state index is 13.2. The normalized spacial score (nSPS) is 13.6. The first-order valence-corrected chi connectivity index (χ1v) is 10.7. The first-order valence-electron chi connectivity index (χ1n) is 9.25. The van der Waals surface area contributed by atoms with Gasteiger partial charge in [-0.25, -0.2) is 17.6 Å². The summed E-state index contributed by atoms with van der Waals surface area (Å²) in [6.07, 6.45) is 0. The maximum Gasteiger partial charge on any atom is 0.270 e. The molecule has 13 heteroatoms. The van der Waals surface area contributed by atoms with E-state index in [-0.39, 0.29) is 32.5 Å². The van der Waals surface area contributed by atoms with Crippen LogP contribution in [0.4, 0.5) is 17.1 Å². The number of non-ortho nitro benzene ring substituents is 2. The van der Waals surface area contributed by atoms with Crippen LogP contribution in [-0.4, -0.2) is 48.5 Å². The fourth-order valence-corrected chi connectivity index (χ4v) is 4.48. The van der Waals surface area contributed by atoms with Crippen molar-refractivity contribution in [3.8, 4) is 0 Å². The first-order chi connectivity index (χ1) is 15.4. The zero-order chi connectivity index (χ0) is 24.2. The van der Waals surface area contributed by atoms with Crippen LogP contribution < -0.4 is 4.90 Å². The number of anilines is 1. The zero-order valence-corrected chi connectivity index (χ0v) is 17.9. The van der Waals surface area contributed by atoms with Gasteiger partial charge in [0.15, 0.2) is 0 Å². The number of nitrogens with zero attached hydrogens (tertiary/aromatic N) is 4. The lowest BCUT2D eigenvalue weighted by Crippen LogP contribution is -2.40. The molecule has 0 aliphatic carbocycles. The molecule has 1 aliphatic rings. The predicted molar refractivity (Wildman–Crippen MR) is 116 cm³/mol. The topological polar surface area (TPSA) is 161 Å². The van der Waals surface area contributed by atoms with E-state index in [0.717, 1.165) is 28.6 Å². The number of amides is 2. The highest BCUT2D eigenvalue weighted by Crippen LogP contribution is 2.38. The fourth-order valence-electron chi connectivity index (χ4n) is 3.58. The van der Waals surface area contributed by atoms with Gasteiger partial charge in [0.1, 0.15) is 0 Å². The number of imide groups is 1. The Bertz CT molecular complexity index is 1430. The number of carbonyl (C=O) groups is 2. The highest BCUT2D eigenvalue weighted by atomic mass is 32.2. The third-order valence-corrected chi connectivity index (χ3v) is 7.01. The molecule has 0 spiro atoms. The van der Waals surface area contributed by atoms with Crippen LogP contribution in [0.5, 0.6) is 0 Å². The van der Waals surface area contributed by atoms with E-state index in [1.165, 1.54) is 38.4 Å². The Balaban J connectivity index is 1.93. The number of nitro groups is 2. The molecule has 33 heavy (non-hydrogen) atoms. The zero-order valence-electron chi connectivity index (χ0n) is 17.1. The SMILES string of the molecule is CN(C)S(=O)(=O)c1ccc(N2C(=O)c3cc([N+](=O)[O-])cc4cc([N+](=O)[O-])cc(c34)C2=O)cc1. The molecule has 3 aromatic rings. The standard InChI is InChI=1S/C20H14N4O8S/c1-21(2)33(31,32)15-5-3-12(4-6-15)22-19(25)16-9-13(23(27)28)7-11-8-14(24(29)30)10-17(18(11)16)20(22)26/h3-10H,1-2H3. The summed E-state index contributed by atoms with van der Waals surface area (Å²) in [5.74, 6) is -1.75. The Hall–Kier alpha value is -4.23. The van der Waals surface area contributed by atoms with Gasteiger partial charge in [-0.15, -0.1) is 0 Å². The van der Waals surface area contributed by atoms with Crippen LogP contribution in [-0.2, 0) is 10.0 Å². The Kier molecular flexibility index (Phi) is 4.95. The molecule has 3 aromatic carbocycles. The molecule has 0 saturated heterocycles. The van der Waals surface area contributed by atoms with E-state index < -0.39 is 43.1 Å². The summed E-state index contributed by atoms with van der Waals surface area (Å²) in [4.78, 5) is 48.3. The molecule has 0 atom stereocenters. The minimum absolute atomic E-state index is 0.000446. The molecule has 168 valence electrons. The van der Waals surface area contributed by atoms with Gasteiger partial charge in [-0.05, 0) is 29.7 Å². The lowest BCUT2D eigenvalue weighted by Gasteiger charge is -2.27. The smallest absolute Gasteiger partial charge is 0.268 e. The lowest BCUT2D eigenvalue weighted by atomic mass is 9.92. The van der Waals surface area contributed by atoms with Crippen LogP contribution in [0, 0.1) is 20.2 Å². The van der Waals surface area contributed by atoms with Crippen molar-refractivity contribution in [3.05, 3.63) is 79.9 Å². The van der Waals surface area contributed by atoms with Gasteiger partial charge in [0, 0.05) is 43.7 Å². The predicted octanol–water partition coefficient (Wildman–Crippen LogP) is 2.71. The monoisotopic (exact) mass is 470 g/mol. The molecule has 0 N–H and O–H groups in total. The number of rotatable bonds is 5. The molecule has 4 rings (SSSR count). The second-order valence-corrected chi connectivity index (χ2v) is 9.48. The van der Waals surface area contributed by atoms with E-state index >= 15 is 0 Å². The average Bonchev–Trinajstić information content (AvgIpc) is 2.76. The van der Waals surface area contributed by atoms with E-state index in [2.05, 4.69) is 0 Å². The molecule has 0 bridgehead atoms. The summed E-state index contributed by atoms with van der Waals surface area (Å²) in [6.45, 7) is 0. The van der Waals surface area contributed by atoms with E-state index in [1.807, 2.05) is 0 Å². The second-order valence-electron chi connectivity index (χ2n) is 7.33. The van der Waals surface area contributed by atoms with Crippen molar-refractivity contribution in [1.82, 2.24) is 4.31 Å². The van der Waals surface area contributed by atoms with Gasteiger partial charge in [0.25, 0.3) is 23.2 Å². The second kappa shape index (κ2) is 7.43. The molecule has 1 aliphatic heterocycles. The molecule has 2 amide bonds. The summed E-state index contributed by atoms with van der Waals surface area (Å²) in [5.41, 5.74) is -1.29. The molecular weight excluding hydrogens is 456 g/mol. The third kappa shape index (κ3) is 3.39. The van der Waals surface area contributed by atoms with Crippen molar-refractivity contribution in [2.75, 3.05) is 19.0 Å². The number of sulfonamides is 1. The van der Waals surface area contributed by atoms with Gasteiger partial charge in [-0.1, -0.05) is 0 Å². The summed E-state index contributed by atoms with van der Waals surface area (Å²) in [5, 5.41) is 22.8. The molecule has 0 aromatic heterocycles. The van der Waals surface area contributed by atoms with Gasteiger partial charge in [0.2, 0.25) is 10.0 Å². The number of hydrogen-bond acceptors (Lipinski definition) is 8. The summed E-state index contributed by atoms with van der Waals surface area (Å²) in [7, 11) is -1.08. The van der Waals surface area contributed by atoms with E-state index in [4.69, 9.17) is 0 Å². The summed E-state index contributed by atoms with van der Waals surface area (Å²) in [6, 6.07) is 9.02. The van der Waals surface area contributed by atoms with Crippen molar-refractivity contribution in [1.29, 1.82) is 0 Å². The average molecular weight is 470 g/mol. The molecule has 12 nitrogen and oxygen atoms in total. The highest BCUT2D eigenvalue weighted by Gasteiger charge is 2.37. The number of hydrogen-bond donors (Lipinski definition) is 0. The Morgan fingerprint density at radius 2 is 1.27 bits per heavy atom. The highest BCUT2D eigenvalue weighted by molar-refractivity contribution is 7.89. The van der Waals surface area contributed by atoms with Gasteiger partial charge in [-0.2, -0.15) is 0 Å². The third-order valence-electron chi connectivity index (χ3n) is 5.18. The van der Waals surface area contributed by atoms with E-state index in [9.17, 15) is 38.2 Å². The Morgan fingerprint density at radius 3 is 1.67 bits per heavy atom. The molecule has 0 saturated carbocycles. The van der Waals surface area contributed by atoms with Crippen LogP contribution in [0.15, 0.2) is 53.4 Å². The first kappa shape index (κ1) is 22.0. The molecule has 0 unspecified atom stereocenters. The Labute approximate surface area is 186 Å². The van der Waals surface area contributed by atoms with Crippen LogP contribution in [0.25, 0.3) is 10.8 Å². The van der Waals surface area contributed by atoms with Crippen molar-refractivity contribution in [2.24, 2.45) is 0 Å². The van der Waals surface area contributed by atoms with Crippen molar-refractivity contribution >= 4 is 49.7 Å². The van der Waals surface area contributed by atoms with Crippen LogP contribution in [0.1, 0.15) is 20.7 Å². The summed E-state index contributed by atoms with van der Waals surface area (Å²) >= 11 is 0. The maximum absolute atomic E-state index is 13.2. The summed E-state index contributed by atoms with van der Waals surface area (Å²) < 4.78 is 25.6. The largest absolute Gasteiger partial charge is 0.270 e. The molecule has 0 fully saturated rings. The fraction of sp³-hybridized carbons (Fsp3) is 0.100. The number of carbonyl (C=O) groups excluding carboxylic acids is 2. The Morgan fingerprint density at radius 1 is 0.818 bits per heavy atom. The van der Waals surface area contributed by atoms with Gasteiger partial charge in [-0.3, -0.25) is 29.8 Å². The van der Waals surface area contributed by atoms with Crippen LogP contribution in [0.2, 0.25) is 0 Å². The van der Waals surface area contributed by atoms with Crippen molar-refractivity contribution in [2.45, 2.75) is 4.90 Å². The van der Waals surface area contributed by atoms with E-state index in [1.54, 1.807) is 0 Å². The quantitative estimate of drug-likeness (QED) is 0.312. The lowest BCUT2D eigenvalue weighted by molar-refractivity contribution is -0.385. The number of nitro benzene ring substituents is 2. The van der Waals surface area contributed by atoms with Gasteiger partial charge >= 0.3 is 0 Å². The van der Waals surface area contributed by atoms with Gasteiger partial charge < -0.3 is 0 Å². The molecular formula is C20H14N4O8S. The minimum atomic E-state index is -3.77. The number of benzene rings is 3. The van der Waals surface area contributed by atoms with E-state index in [0.29, 0.717) is 4.90 Å². The molecule has 1 heterocycles.